The second-order valence-electron chi connectivity index (χ2n) is 7.91. The minimum Gasteiger partial charge on any atom is -0.474 e. The number of amides is 1. The Bertz CT molecular complexity index is 868. The predicted octanol–water partition coefficient (Wildman–Crippen LogP) is 5.11. The molecule has 30 heavy (non-hydrogen) atoms. The highest BCUT2D eigenvalue weighted by atomic mass is 16.5. The molecule has 1 aliphatic rings. The van der Waals surface area contributed by atoms with E-state index in [1.807, 2.05) is 54.6 Å². The van der Waals surface area contributed by atoms with Gasteiger partial charge in [0.25, 0.3) is 0 Å². The van der Waals surface area contributed by atoms with E-state index in [1.54, 1.807) is 6.20 Å². The van der Waals surface area contributed by atoms with Crippen LogP contribution in [-0.4, -0.2) is 23.0 Å². The molecule has 0 atom stereocenters. The summed E-state index contributed by atoms with van der Waals surface area (Å²) in [6.45, 7) is 0. The molecule has 4 nitrogen and oxygen atoms in total. The van der Waals surface area contributed by atoms with E-state index >= 15 is 0 Å². The van der Waals surface area contributed by atoms with E-state index in [4.69, 9.17) is 4.74 Å². The fourth-order valence-corrected chi connectivity index (χ4v) is 4.18. The summed E-state index contributed by atoms with van der Waals surface area (Å²) < 4.78 is 5.97. The monoisotopic (exact) mass is 400 g/mol. The topological polar surface area (TPSA) is 51.2 Å². The first-order valence-corrected chi connectivity index (χ1v) is 10.7. The molecule has 1 fully saturated rings. The van der Waals surface area contributed by atoms with Crippen molar-refractivity contribution in [3.63, 3.8) is 0 Å². The Labute approximate surface area is 178 Å². The summed E-state index contributed by atoms with van der Waals surface area (Å²) in [7, 11) is 0. The molecular weight excluding hydrogens is 372 g/mol. The molecule has 1 saturated carbocycles. The van der Waals surface area contributed by atoms with Crippen LogP contribution < -0.4 is 10.1 Å². The first kappa shape index (κ1) is 20.1. The summed E-state index contributed by atoms with van der Waals surface area (Å²) >= 11 is 0. The first-order valence-electron chi connectivity index (χ1n) is 10.7. The van der Waals surface area contributed by atoms with Crippen molar-refractivity contribution in [3.05, 3.63) is 96.2 Å². The number of hydrogen-bond acceptors (Lipinski definition) is 3. The molecule has 0 spiro atoms. The molecule has 1 heterocycles. The van der Waals surface area contributed by atoms with Crippen LogP contribution in [0.1, 0.15) is 49.1 Å². The average molecular weight is 401 g/mol. The standard InChI is InChI=1S/C26H28N2O2/c29-25(19-24(20-9-3-1-4-10-20)21-11-5-2-6-12-21)28-22-14-16-23(17-15-22)30-26-13-7-8-18-27-26/h1-13,18,22-24H,14-17,19H2,(H,28,29). The van der Waals surface area contributed by atoms with Gasteiger partial charge in [0, 0.05) is 30.6 Å². The Hall–Kier alpha value is -3.14. The number of ether oxygens (including phenoxy) is 1. The summed E-state index contributed by atoms with van der Waals surface area (Å²) in [6, 6.07) is 26.5. The van der Waals surface area contributed by atoms with Gasteiger partial charge in [-0.25, -0.2) is 4.98 Å². The maximum Gasteiger partial charge on any atom is 0.221 e. The van der Waals surface area contributed by atoms with E-state index in [2.05, 4.69) is 34.6 Å². The summed E-state index contributed by atoms with van der Waals surface area (Å²) in [5.41, 5.74) is 2.35. The third kappa shape index (κ3) is 5.47. The SMILES string of the molecule is O=C(CC(c1ccccc1)c1ccccc1)NC1CCC(Oc2ccccn2)CC1. The van der Waals surface area contributed by atoms with Crippen LogP contribution in [0, 0.1) is 0 Å². The molecule has 1 aliphatic carbocycles. The second kappa shape index (κ2) is 10.1. The molecule has 2 aromatic carbocycles. The van der Waals surface area contributed by atoms with E-state index in [0.717, 1.165) is 25.7 Å². The molecule has 0 saturated heterocycles. The van der Waals surface area contributed by atoms with Gasteiger partial charge in [0.15, 0.2) is 0 Å². The Morgan fingerprint density at radius 1 is 0.867 bits per heavy atom. The zero-order valence-corrected chi connectivity index (χ0v) is 17.1. The second-order valence-corrected chi connectivity index (χ2v) is 7.91. The Morgan fingerprint density at radius 3 is 2.03 bits per heavy atom. The van der Waals surface area contributed by atoms with Gasteiger partial charge in [-0.15, -0.1) is 0 Å². The lowest BCUT2D eigenvalue weighted by molar-refractivity contribution is -0.122. The Morgan fingerprint density at radius 2 is 1.47 bits per heavy atom. The van der Waals surface area contributed by atoms with Gasteiger partial charge in [-0.3, -0.25) is 4.79 Å². The summed E-state index contributed by atoms with van der Waals surface area (Å²) in [5.74, 6) is 0.858. The molecule has 0 aliphatic heterocycles. The van der Waals surface area contributed by atoms with Crippen LogP contribution in [0.15, 0.2) is 85.1 Å². The maximum absolute atomic E-state index is 12.9. The first-order chi connectivity index (χ1) is 14.8. The quantitative estimate of drug-likeness (QED) is 0.600. The molecule has 154 valence electrons. The van der Waals surface area contributed by atoms with Crippen molar-refractivity contribution in [2.45, 2.75) is 50.2 Å². The normalized spacial score (nSPS) is 18.7. The third-order valence-electron chi connectivity index (χ3n) is 5.76. The van der Waals surface area contributed by atoms with E-state index < -0.39 is 0 Å². The van der Waals surface area contributed by atoms with Gasteiger partial charge < -0.3 is 10.1 Å². The highest BCUT2D eigenvalue weighted by Crippen LogP contribution is 2.28. The van der Waals surface area contributed by atoms with E-state index in [1.165, 1.54) is 11.1 Å². The number of pyridine rings is 1. The van der Waals surface area contributed by atoms with Gasteiger partial charge in [0.05, 0.1) is 0 Å². The van der Waals surface area contributed by atoms with Crippen molar-refractivity contribution in [2.24, 2.45) is 0 Å². The van der Waals surface area contributed by atoms with Crippen molar-refractivity contribution < 1.29 is 9.53 Å². The zero-order chi connectivity index (χ0) is 20.6. The number of nitrogens with one attached hydrogen (secondary N) is 1. The smallest absolute Gasteiger partial charge is 0.221 e. The number of benzene rings is 2. The largest absolute Gasteiger partial charge is 0.474 e. The minimum absolute atomic E-state index is 0.0660. The van der Waals surface area contributed by atoms with Crippen LogP contribution in [0.5, 0.6) is 5.88 Å². The van der Waals surface area contributed by atoms with Gasteiger partial charge in [0.2, 0.25) is 11.8 Å². The van der Waals surface area contributed by atoms with Gasteiger partial charge in [-0.1, -0.05) is 66.7 Å². The number of aromatic nitrogens is 1. The fourth-order valence-electron chi connectivity index (χ4n) is 4.18. The van der Waals surface area contributed by atoms with Crippen molar-refractivity contribution >= 4 is 5.91 Å². The molecule has 4 heteroatoms. The van der Waals surface area contributed by atoms with Crippen molar-refractivity contribution in [2.75, 3.05) is 0 Å². The van der Waals surface area contributed by atoms with Crippen LogP contribution in [0.3, 0.4) is 0 Å². The molecule has 1 amide bonds. The van der Waals surface area contributed by atoms with Gasteiger partial charge in [-0.2, -0.15) is 0 Å². The number of hydrogen-bond donors (Lipinski definition) is 1. The number of carbonyl (C=O) groups is 1. The lowest BCUT2D eigenvalue weighted by Gasteiger charge is -2.29. The predicted molar refractivity (Wildman–Crippen MR) is 118 cm³/mol. The lowest BCUT2D eigenvalue weighted by Crippen LogP contribution is -2.40. The third-order valence-corrected chi connectivity index (χ3v) is 5.76. The highest BCUT2D eigenvalue weighted by Gasteiger charge is 2.25. The van der Waals surface area contributed by atoms with Gasteiger partial charge >= 0.3 is 0 Å². The molecule has 1 N–H and O–H groups in total. The van der Waals surface area contributed by atoms with Gasteiger partial charge in [0.1, 0.15) is 6.10 Å². The molecule has 1 aromatic heterocycles. The molecular formula is C26H28N2O2. The minimum atomic E-state index is 0.0660. The van der Waals surface area contributed by atoms with E-state index in [0.29, 0.717) is 12.3 Å². The number of carbonyl (C=O) groups excluding carboxylic acids is 1. The van der Waals surface area contributed by atoms with Crippen molar-refractivity contribution in [1.29, 1.82) is 0 Å². The summed E-state index contributed by atoms with van der Waals surface area (Å²) in [6.07, 6.45) is 6.12. The van der Waals surface area contributed by atoms with Gasteiger partial charge in [-0.05, 0) is 42.9 Å². The molecule has 0 bridgehead atoms. The van der Waals surface area contributed by atoms with Crippen LogP contribution >= 0.6 is 0 Å². The van der Waals surface area contributed by atoms with Crippen LogP contribution in [0.2, 0.25) is 0 Å². The van der Waals surface area contributed by atoms with Crippen LogP contribution in [-0.2, 0) is 4.79 Å². The highest BCUT2D eigenvalue weighted by molar-refractivity contribution is 5.78. The fraction of sp³-hybridized carbons (Fsp3) is 0.308. The molecule has 3 aromatic rings. The van der Waals surface area contributed by atoms with E-state index in [9.17, 15) is 4.79 Å². The van der Waals surface area contributed by atoms with Crippen LogP contribution in [0.4, 0.5) is 0 Å². The molecule has 0 radical (unpaired) electrons. The number of rotatable bonds is 7. The molecule has 4 rings (SSSR count). The average Bonchev–Trinajstić information content (AvgIpc) is 2.81. The summed E-state index contributed by atoms with van der Waals surface area (Å²) in [4.78, 5) is 17.1. The number of nitrogens with zero attached hydrogens (tertiary/aromatic N) is 1. The van der Waals surface area contributed by atoms with Crippen molar-refractivity contribution in [1.82, 2.24) is 10.3 Å². The Balaban J connectivity index is 1.32. The van der Waals surface area contributed by atoms with Crippen LogP contribution in [0.25, 0.3) is 0 Å². The summed E-state index contributed by atoms with van der Waals surface area (Å²) in [5, 5.41) is 3.26. The Kier molecular flexibility index (Phi) is 6.75. The lowest BCUT2D eigenvalue weighted by atomic mass is 9.87. The van der Waals surface area contributed by atoms with Crippen molar-refractivity contribution in [3.8, 4) is 5.88 Å². The maximum atomic E-state index is 12.9. The zero-order valence-electron chi connectivity index (χ0n) is 17.1. The van der Waals surface area contributed by atoms with E-state index in [-0.39, 0.29) is 24.0 Å². The molecule has 0 unspecified atom stereocenters.